The van der Waals surface area contributed by atoms with E-state index in [9.17, 15) is 12.8 Å². The first-order chi connectivity index (χ1) is 9.86. The molecule has 1 aromatic rings. The molecule has 0 aromatic heterocycles. The van der Waals surface area contributed by atoms with Crippen LogP contribution in [0.25, 0.3) is 0 Å². The summed E-state index contributed by atoms with van der Waals surface area (Å²) in [5.74, 6) is -0.397. The molecule has 21 heavy (non-hydrogen) atoms. The summed E-state index contributed by atoms with van der Waals surface area (Å²) in [5, 5.41) is 8.80. The monoisotopic (exact) mass is 311 g/mol. The third-order valence-corrected chi connectivity index (χ3v) is 5.83. The predicted octanol–water partition coefficient (Wildman–Crippen LogP) is 1.45. The number of piperidine rings is 1. The molecule has 2 rings (SSSR count). The van der Waals surface area contributed by atoms with Gasteiger partial charge in [-0.2, -0.15) is 9.57 Å². The van der Waals surface area contributed by atoms with Crippen LogP contribution in [0, 0.1) is 23.1 Å². The van der Waals surface area contributed by atoms with Crippen LogP contribution in [0.5, 0.6) is 0 Å². The Morgan fingerprint density at radius 2 is 2.05 bits per heavy atom. The Morgan fingerprint density at radius 1 is 1.43 bits per heavy atom. The van der Waals surface area contributed by atoms with Crippen LogP contribution in [-0.2, 0) is 10.0 Å². The standard InChI is InChI=1S/C14H18FN3O2S/c1-10(17)11-4-6-18(7-5-11)21(19,20)13-2-3-14(15)12(8-13)9-16/h2-3,8,10-11H,4-7,17H2,1H3. The van der Waals surface area contributed by atoms with Gasteiger partial charge in [0.25, 0.3) is 0 Å². The summed E-state index contributed by atoms with van der Waals surface area (Å²) < 4.78 is 39.7. The van der Waals surface area contributed by atoms with Gasteiger partial charge in [0.15, 0.2) is 0 Å². The Labute approximate surface area is 124 Å². The first kappa shape index (κ1) is 15.9. The number of sulfonamides is 1. The molecule has 1 heterocycles. The van der Waals surface area contributed by atoms with Gasteiger partial charge in [-0.15, -0.1) is 0 Å². The Hall–Kier alpha value is -1.49. The number of benzene rings is 1. The smallest absolute Gasteiger partial charge is 0.243 e. The highest BCUT2D eigenvalue weighted by Gasteiger charge is 2.30. The Morgan fingerprint density at radius 3 is 2.57 bits per heavy atom. The van der Waals surface area contributed by atoms with E-state index in [-0.39, 0.29) is 16.5 Å². The van der Waals surface area contributed by atoms with E-state index in [1.165, 1.54) is 10.4 Å². The molecule has 1 aliphatic heterocycles. The van der Waals surface area contributed by atoms with E-state index in [4.69, 9.17) is 11.0 Å². The Balaban J connectivity index is 2.22. The molecule has 0 spiro atoms. The lowest BCUT2D eigenvalue weighted by atomic mass is 9.92. The van der Waals surface area contributed by atoms with Gasteiger partial charge in [0, 0.05) is 19.1 Å². The molecule has 114 valence electrons. The summed E-state index contributed by atoms with van der Waals surface area (Å²) in [5.41, 5.74) is 5.58. The molecule has 1 unspecified atom stereocenters. The summed E-state index contributed by atoms with van der Waals surface area (Å²) >= 11 is 0. The topological polar surface area (TPSA) is 87.2 Å². The quantitative estimate of drug-likeness (QED) is 0.915. The third-order valence-electron chi connectivity index (χ3n) is 3.94. The molecular formula is C14H18FN3O2S. The Kier molecular flexibility index (Phi) is 4.61. The maximum Gasteiger partial charge on any atom is 0.243 e. The van der Waals surface area contributed by atoms with Gasteiger partial charge in [0.2, 0.25) is 10.0 Å². The second kappa shape index (κ2) is 6.10. The molecule has 1 saturated heterocycles. The van der Waals surface area contributed by atoms with Crippen LogP contribution in [0.3, 0.4) is 0 Å². The minimum Gasteiger partial charge on any atom is -0.328 e. The fourth-order valence-electron chi connectivity index (χ4n) is 2.54. The van der Waals surface area contributed by atoms with Crippen molar-refractivity contribution in [3.8, 4) is 6.07 Å². The van der Waals surface area contributed by atoms with Gasteiger partial charge in [-0.1, -0.05) is 0 Å². The molecule has 1 aliphatic rings. The predicted molar refractivity (Wildman–Crippen MR) is 76.2 cm³/mol. The average molecular weight is 311 g/mol. The second-order valence-corrected chi connectivity index (χ2v) is 7.29. The van der Waals surface area contributed by atoms with Crippen LogP contribution in [0.2, 0.25) is 0 Å². The van der Waals surface area contributed by atoms with Gasteiger partial charge in [0.1, 0.15) is 11.9 Å². The number of halogens is 1. The largest absolute Gasteiger partial charge is 0.328 e. The molecule has 1 fully saturated rings. The first-order valence-electron chi connectivity index (χ1n) is 6.81. The zero-order valence-corrected chi connectivity index (χ0v) is 12.6. The van der Waals surface area contributed by atoms with Crippen molar-refractivity contribution in [1.82, 2.24) is 4.31 Å². The van der Waals surface area contributed by atoms with Crippen molar-refractivity contribution >= 4 is 10.0 Å². The van der Waals surface area contributed by atoms with Gasteiger partial charge in [0.05, 0.1) is 10.5 Å². The van der Waals surface area contributed by atoms with Crippen LogP contribution in [0.1, 0.15) is 25.3 Å². The Bertz CT molecular complexity index is 659. The number of hydrogen-bond acceptors (Lipinski definition) is 4. The lowest BCUT2D eigenvalue weighted by Crippen LogP contribution is -2.42. The lowest BCUT2D eigenvalue weighted by molar-refractivity contribution is 0.250. The second-order valence-electron chi connectivity index (χ2n) is 5.35. The summed E-state index contributed by atoms with van der Waals surface area (Å²) in [4.78, 5) is -0.0419. The van der Waals surface area contributed by atoms with E-state index in [2.05, 4.69) is 0 Å². The number of nitrogens with zero attached hydrogens (tertiary/aromatic N) is 2. The SMILES string of the molecule is CC(N)C1CCN(S(=O)(=O)c2ccc(F)c(C#N)c2)CC1. The van der Waals surface area contributed by atoms with E-state index >= 15 is 0 Å². The summed E-state index contributed by atoms with van der Waals surface area (Å²) in [7, 11) is -3.69. The van der Waals surface area contributed by atoms with Crippen LogP contribution >= 0.6 is 0 Å². The van der Waals surface area contributed by atoms with Gasteiger partial charge in [-0.3, -0.25) is 0 Å². The van der Waals surface area contributed by atoms with Crippen molar-refractivity contribution < 1.29 is 12.8 Å². The van der Waals surface area contributed by atoms with Gasteiger partial charge >= 0.3 is 0 Å². The molecule has 0 bridgehead atoms. The maximum absolute atomic E-state index is 13.3. The van der Waals surface area contributed by atoms with Crippen LogP contribution < -0.4 is 5.73 Å². The fraction of sp³-hybridized carbons (Fsp3) is 0.500. The van der Waals surface area contributed by atoms with E-state index in [0.717, 1.165) is 12.1 Å². The molecule has 2 N–H and O–H groups in total. The fourth-order valence-corrected chi connectivity index (χ4v) is 4.04. The highest BCUT2D eigenvalue weighted by molar-refractivity contribution is 7.89. The molecular weight excluding hydrogens is 293 g/mol. The molecule has 5 nitrogen and oxygen atoms in total. The van der Waals surface area contributed by atoms with Crippen molar-refractivity contribution in [2.24, 2.45) is 11.7 Å². The molecule has 1 atom stereocenters. The van der Waals surface area contributed by atoms with Crippen molar-refractivity contribution in [3.63, 3.8) is 0 Å². The van der Waals surface area contributed by atoms with E-state index in [1.54, 1.807) is 6.07 Å². The summed E-state index contributed by atoms with van der Waals surface area (Å²) in [6.07, 6.45) is 1.42. The van der Waals surface area contributed by atoms with Crippen molar-refractivity contribution in [3.05, 3.63) is 29.6 Å². The summed E-state index contributed by atoms with van der Waals surface area (Å²) in [6, 6.07) is 5.00. The van der Waals surface area contributed by atoms with Crippen molar-refractivity contribution in [2.45, 2.75) is 30.7 Å². The molecule has 0 amide bonds. The minimum absolute atomic E-state index is 0.0419. The zero-order chi connectivity index (χ0) is 15.6. The normalized spacial score (nSPS) is 19.1. The van der Waals surface area contributed by atoms with Crippen LogP contribution in [-0.4, -0.2) is 31.9 Å². The number of rotatable bonds is 3. The van der Waals surface area contributed by atoms with E-state index in [1.807, 2.05) is 6.92 Å². The molecule has 0 saturated carbocycles. The molecule has 0 radical (unpaired) electrons. The molecule has 7 heteroatoms. The van der Waals surface area contributed by atoms with Crippen LogP contribution in [0.4, 0.5) is 4.39 Å². The third kappa shape index (κ3) is 3.23. The van der Waals surface area contributed by atoms with Crippen molar-refractivity contribution in [1.29, 1.82) is 5.26 Å². The number of nitriles is 1. The first-order valence-corrected chi connectivity index (χ1v) is 8.25. The zero-order valence-electron chi connectivity index (χ0n) is 11.8. The maximum atomic E-state index is 13.3. The minimum atomic E-state index is -3.69. The molecule has 0 aliphatic carbocycles. The van der Waals surface area contributed by atoms with Gasteiger partial charge < -0.3 is 5.73 Å². The number of nitrogens with two attached hydrogens (primary N) is 1. The molecule has 1 aromatic carbocycles. The van der Waals surface area contributed by atoms with Crippen molar-refractivity contribution in [2.75, 3.05) is 13.1 Å². The summed E-state index contributed by atoms with van der Waals surface area (Å²) in [6.45, 7) is 2.72. The van der Waals surface area contributed by atoms with Gasteiger partial charge in [-0.05, 0) is 43.9 Å². The highest BCUT2D eigenvalue weighted by atomic mass is 32.2. The van der Waals surface area contributed by atoms with Crippen LogP contribution in [0.15, 0.2) is 23.1 Å². The van der Waals surface area contributed by atoms with E-state index < -0.39 is 15.8 Å². The number of hydrogen-bond donors (Lipinski definition) is 1. The van der Waals surface area contributed by atoms with E-state index in [0.29, 0.717) is 31.8 Å². The average Bonchev–Trinajstić information content (AvgIpc) is 2.47. The lowest BCUT2D eigenvalue weighted by Gasteiger charge is -2.32. The van der Waals surface area contributed by atoms with Gasteiger partial charge in [-0.25, -0.2) is 12.8 Å². The highest BCUT2D eigenvalue weighted by Crippen LogP contribution is 2.25.